The summed E-state index contributed by atoms with van der Waals surface area (Å²) in [5.74, 6) is -1.41. The van der Waals surface area contributed by atoms with Crippen LogP contribution in [0.3, 0.4) is 0 Å². The number of urea groups is 1. The lowest BCUT2D eigenvalue weighted by Gasteiger charge is -2.07. The molecule has 1 heterocycles. The van der Waals surface area contributed by atoms with Crippen molar-refractivity contribution in [1.82, 2.24) is 10.0 Å². The topological polar surface area (TPSA) is 152 Å². The number of carbonyl (C=O) groups is 2. The summed E-state index contributed by atoms with van der Waals surface area (Å²) in [6.07, 6.45) is 0. The first kappa shape index (κ1) is 16.0. The first-order valence-corrected chi connectivity index (χ1v) is 7.01. The Labute approximate surface area is 115 Å². The number of furan rings is 1. The SMILES string of the molecule is Cc1oc(C)c(S(=O)(=O)NCCNC(N)=O)c1C(=O)O. The Morgan fingerprint density at radius 1 is 1.25 bits per heavy atom. The van der Waals surface area contributed by atoms with Crippen LogP contribution >= 0.6 is 0 Å². The molecule has 0 aliphatic rings. The minimum absolute atomic E-state index is 0.00522. The van der Waals surface area contributed by atoms with E-state index >= 15 is 0 Å². The predicted octanol–water partition coefficient (Wildman–Crippen LogP) is -0.459. The Morgan fingerprint density at radius 2 is 1.85 bits per heavy atom. The molecule has 2 amide bonds. The van der Waals surface area contributed by atoms with E-state index in [1.165, 1.54) is 13.8 Å². The zero-order valence-electron chi connectivity index (χ0n) is 10.9. The maximum Gasteiger partial charge on any atom is 0.340 e. The molecule has 0 atom stereocenters. The van der Waals surface area contributed by atoms with Crippen LogP contribution in [0.4, 0.5) is 4.79 Å². The van der Waals surface area contributed by atoms with Gasteiger partial charge in [-0.1, -0.05) is 0 Å². The van der Waals surface area contributed by atoms with Crippen molar-refractivity contribution in [2.24, 2.45) is 5.73 Å². The van der Waals surface area contributed by atoms with Crippen LogP contribution in [0.15, 0.2) is 9.31 Å². The molecular weight excluding hydrogens is 290 g/mol. The summed E-state index contributed by atoms with van der Waals surface area (Å²) in [7, 11) is -4.06. The summed E-state index contributed by atoms with van der Waals surface area (Å²) in [5, 5.41) is 11.2. The van der Waals surface area contributed by atoms with Crippen molar-refractivity contribution in [1.29, 1.82) is 0 Å². The van der Waals surface area contributed by atoms with Crippen LogP contribution < -0.4 is 15.8 Å². The zero-order chi connectivity index (χ0) is 15.5. The van der Waals surface area contributed by atoms with Gasteiger partial charge in [0, 0.05) is 13.1 Å². The third-order valence-corrected chi connectivity index (χ3v) is 4.02. The van der Waals surface area contributed by atoms with Gasteiger partial charge in [-0.25, -0.2) is 22.7 Å². The Kier molecular flexibility index (Phi) is 4.73. The van der Waals surface area contributed by atoms with Gasteiger partial charge in [0.1, 0.15) is 22.0 Å². The van der Waals surface area contributed by atoms with E-state index in [0.29, 0.717) is 0 Å². The number of nitrogens with two attached hydrogens (primary N) is 1. The van der Waals surface area contributed by atoms with E-state index in [2.05, 4.69) is 10.0 Å². The zero-order valence-corrected chi connectivity index (χ0v) is 11.7. The molecule has 0 aliphatic heterocycles. The molecular formula is C10H15N3O6S. The maximum absolute atomic E-state index is 12.1. The number of primary amides is 1. The minimum Gasteiger partial charge on any atom is -0.478 e. The van der Waals surface area contributed by atoms with Gasteiger partial charge in [0.2, 0.25) is 10.0 Å². The Balaban J connectivity index is 2.98. The van der Waals surface area contributed by atoms with Crippen LogP contribution in [0, 0.1) is 13.8 Å². The number of hydrogen-bond donors (Lipinski definition) is 4. The number of nitrogens with one attached hydrogen (secondary N) is 2. The van der Waals surface area contributed by atoms with Gasteiger partial charge in [-0.15, -0.1) is 0 Å². The average Bonchev–Trinajstić information content (AvgIpc) is 2.60. The Bertz CT molecular complexity index is 634. The van der Waals surface area contributed by atoms with Gasteiger partial charge in [0.15, 0.2) is 0 Å². The van der Waals surface area contributed by atoms with Crippen LogP contribution in [-0.2, 0) is 10.0 Å². The van der Waals surface area contributed by atoms with Gasteiger partial charge in [-0.3, -0.25) is 0 Å². The second-order valence-electron chi connectivity index (χ2n) is 3.91. The highest BCUT2D eigenvalue weighted by atomic mass is 32.2. The minimum atomic E-state index is -4.06. The molecule has 112 valence electrons. The highest BCUT2D eigenvalue weighted by Gasteiger charge is 2.30. The molecule has 10 heteroatoms. The third-order valence-electron chi connectivity index (χ3n) is 2.40. The number of hydrogen-bond acceptors (Lipinski definition) is 5. The maximum atomic E-state index is 12.1. The molecule has 0 saturated carbocycles. The molecule has 0 fully saturated rings. The fourth-order valence-corrected chi connectivity index (χ4v) is 3.11. The number of aromatic carboxylic acids is 1. The van der Waals surface area contributed by atoms with Crippen molar-refractivity contribution >= 4 is 22.0 Å². The largest absolute Gasteiger partial charge is 0.478 e. The van der Waals surface area contributed by atoms with Gasteiger partial charge in [0.25, 0.3) is 0 Å². The summed E-state index contributed by atoms with van der Waals surface area (Å²) in [6, 6.07) is -0.786. The van der Waals surface area contributed by atoms with Crippen LogP contribution in [-0.4, -0.2) is 38.6 Å². The van der Waals surface area contributed by atoms with E-state index in [1.807, 2.05) is 0 Å². The third kappa shape index (κ3) is 3.48. The molecule has 0 radical (unpaired) electrons. The smallest absolute Gasteiger partial charge is 0.340 e. The highest BCUT2D eigenvalue weighted by molar-refractivity contribution is 7.89. The average molecular weight is 305 g/mol. The van der Waals surface area contributed by atoms with Crippen LogP contribution in [0.5, 0.6) is 0 Å². The summed E-state index contributed by atoms with van der Waals surface area (Å²) in [4.78, 5) is 21.1. The van der Waals surface area contributed by atoms with E-state index in [4.69, 9.17) is 15.3 Å². The van der Waals surface area contributed by atoms with Crippen molar-refractivity contribution in [2.75, 3.05) is 13.1 Å². The van der Waals surface area contributed by atoms with E-state index in [9.17, 15) is 18.0 Å². The predicted molar refractivity (Wildman–Crippen MR) is 67.9 cm³/mol. The van der Waals surface area contributed by atoms with Crippen LogP contribution in [0.2, 0.25) is 0 Å². The summed E-state index contributed by atoms with van der Waals surface area (Å²) < 4.78 is 31.3. The summed E-state index contributed by atoms with van der Waals surface area (Å²) in [5.41, 5.74) is 4.42. The molecule has 0 aromatic carbocycles. The summed E-state index contributed by atoms with van der Waals surface area (Å²) >= 11 is 0. The molecule has 1 rings (SSSR count). The second kappa shape index (κ2) is 5.92. The normalized spacial score (nSPS) is 11.3. The van der Waals surface area contributed by atoms with Crippen LogP contribution in [0.25, 0.3) is 0 Å². The molecule has 0 aliphatic carbocycles. The molecule has 20 heavy (non-hydrogen) atoms. The Morgan fingerprint density at radius 3 is 2.35 bits per heavy atom. The lowest BCUT2D eigenvalue weighted by Crippen LogP contribution is -2.37. The molecule has 5 N–H and O–H groups in total. The van der Waals surface area contributed by atoms with Gasteiger partial charge in [-0.2, -0.15) is 0 Å². The van der Waals surface area contributed by atoms with E-state index in [-0.39, 0.29) is 24.6 Å². The second-order valence-corrected chi connectivity index (χ2v) is 5.62. The molecule has 9 nitrogen and oxygen atoms in total. The first-order valence-electron chi connectivity index (χ1n) is 5.53. The number of carbonyl (C=O) groups excluding carboxylic acids is 1. The Hall–Kier alpha value is -2.07. The monoisotopic (exact) mass is 305 g/mol. The first-order chi connectivity index (χ1) is 9.16. The van der Waals surface area contributed by atoms with Crippen molar-refractivity contribution in [3.05, 3.63) is 17.1 Å². The number of amides is 2. The van der Waals surface area contributed by atoms with Crippen LogP contribution in [0.1, 0.15) is 21.9 Å². The molecule has 0 spiro atoms. The standard InChI is InChI=1S/C10H15N3O6S/c1-5-7(9(14)15)8(6(2)19-5)20(17,18)13-4-3-12-10(11)16/h13H,3-4H2,1-2H3,(H,14,15)(H3,11,12,16). The lowest BCUT2D eigenvalue weighted by atomic mass is 10.2. The van der Waals surface area contributed by atoms with Crippen molar-refractivity contribution in [2.45, 2.75) is 18.7 Å². The van der Waals surface area contributed by atoms with Crippen molar-refractivity contribution in [3.63, 3.8) is 0 Å². The highest BCUT2D eigenvalue weighted by Crippen LogP contribution is 2.26. The molecule has 0 unspecified atom stereocenters. The molecule has 1 aromatic rings. The number of carboxylic acids is 1. The quantitative estimate of drug-likeness (QED) is 0.522. The summed E-state index contributed by atoms with van der Waals surface area (Å²) in [6.45, 7) is 2.57. The lowest BCUT2D eigenvalue weighted by molar-refractivity contribution is 0.0691. The number of carboxylic acid groups (broad SMARTS) is 1. The van der Waals surface area contributed by atoms with Crippen molar-refractivity contribution in [3.8, 4) is 0 Å². The molecule has 0 bridgehead atoms. The van der Waals surface area contributed by atoms with E-state index in [1.54, 1.807) is 0 Å². The number of rotatable bonds is 6. The molecule has 0 saturated heterocycles. The van der Waals surface area contributed by atoms with Gasteiger partial charge in [0.05, 0.1) is 0 Å². The van der Waals surface area contributed by atoms with E-state index in [0.717, 1.165) is 0 Å². The van der Waals surface area contributed by atoms with Gasteiger partial charge in [-0.05, 0) is 13.8 Å². The van der Waals surface area contributed by atoms with Gasteiger partial charge < -0.3 is 20.6 Å². The number of aryl methyl sites for hydroxylation is 2. The van der Waals surface area contributed by atoms with E-state index < -0.39 is 32.5 Å². The molecule has 1 aromatic heterocycles. The number of sulfonamides is 1. The van der Waals surface area contributed by atoms with Gasteiger partial charge >= 0.3 is 12.0 Å². The fourth-order valence-electron chi connectivity index (χ4n) is 1.68. The fraction of sp³-hybridized carbons (Fsp3) is 0.400. The van der Waals surface area contributed by atoms with Crippen molar-refractivity contribution < 1.29 is 27.5 Å².